The van der Waals surface area contributed by atoms with Gasteiger partial charge in [-0.3, -0.25) is 0 Å². The zero-order chi connectivity index (χ0) is 18.1. The largest absolute Gasteiger partial charge is 0.330 e. The summed E-state index contributed by atoms with van der Waals surface area (Å²) in [5.74, 6) is 0. The Morgan fingerprint density at radius 3 is 2.35 bits per heavy atom. The molecule has 0 aliphatic heterocycles. The molecule has 26 heavy (non-hydrogen) atoms. The first kappa shape index (κ1) is 17.5. The highest BCUT2D eigenvalue weighted by Gasteiger charge is 2.46. The van der Waals surface area contributed by atoms with Crippen LogP contribution in [0.1, 0.15) is 51.1 Å². The maximum absolute atomic E-state index is 5.74. The van der Waals surface area contributed by atoms with E-state index in [1.54, 1.807) is 0 Å². The molecule has 0 radical (unpaired) electrons. The van der Waals surface area contributed by atoms with Crippen molar-refractivity contribution in [2.45, 2.75) is 44.9 Å². The third-order valence-corrected chi connectivity index (χ3v) is 6.99. The number of hydrogen-bond donors (Lipinski definition) is 1. The first-order valence-electron chi connectivity index (χ1n) is 9.55. The molecule has 0 saturated heterocycles. The first-order chi connectivity index (χ1) is 12.6. The number of thiophene rings is 1. The van der Waals surface area contributed by atoms with Gasteiger partial charge in [0.15, 0.2) is 0 Å². The fraction of sp³-hybridized carbons (Fsp3) is 0.333. The Hall–Kier alpha value is -1.90. The van der Waals surface area contributed by atoms with Gasteiger partial charge in [0.1, 0.15) is 0 Å². The van der Waals surface area contributed by atoms with Crippen molar-refractivity contribution in [3.63, 3.8) is 0 Å². The minimum Gasteiger partial charge on any atom is -0.330 e. The van der Waals surface area contributed by atoms with Crippen LogP contribution in [0.3, 0.4) is 0 Å². The van der Waals surface area contributed by atoms with E-state index in [0.29, 0.717) is 5.41 Å². The Labute approximate surface area is 160 Å². The van der Waals surface area contributed by atoms with Gasteiger partial charge < -0.3 is 5.73 Å². The number of hydrogen-bond acceptors (Lipinski definition) is 2. The van der Waals surface area contributed by atoms with E-state index in [0.717, 1.165) is 19.4 Å². The van der Waals surface area contributed by atoms with Crippen molar-refractivity contribution in [1.82, 2.24) is 0 Å². The predicted octanol–water partition coefficient (Wildman–Crippen LogP) is 5.54. The summed E-state index contributed by atoms with van der Waals surface area (Å²) in [6, 6.07) is 18.2. The van der Waals surface area contributed by atoms with Crippen LogP contribution in [0, 0.1) is 13.8 Å². The molecule has 0 amide bonds. The summed E-state index contributed by atoms with van der Waals surface area (Å²) in [4.78, 5) is 1.54. The Morgan fingerprint density at radius 1 is 0.962 bits per heavy atom. The summed E-state index contributed by atoms with van der Waals surface area (Å²) in [7, 11) is 0. The van der Waals surface area contributed by atoms with Crippen molar-refractivity contribution >= 4 is 11.3 Å². The van der Waals surface area contributed by atoms with Crippen LogP contribution < -0.4 is 5.73 Å². The lowest BCUT2D eigenvalue weighted by Crippen LogP contribution is -2.06. The second-order valence-electron chi connectivity index (χ2n) is 7.69. The predicted molar refractivity (Wildman–Crippen MR) is 112 cm³/mol. The molecule has 2 aromatic carbocycles. The molecule has 0 unspecified atom stereocenters. The van der Waals surface area contributed by atoms with Crippen molar-refractivity contribution in [2.24, 2.45) is 5.73 Å². The third-order valence-electron chi connectivity index (χ3n) is 5.80. The summed E-state index contributed by atoms with van der Waals surface area (Å²) in [5, 5.41) is 2.36. The van der Waals surface area contributed by atoms with E-state index in [4.69, 9.17) is 5.73 Å². The van der Waals surface area contributed by atoms with E-state index < -0.39 is 0 Å². The van der Waals surface area contributed by atoms with Crippen molar-refractivity contribution < 1.29 is 0 Å². The molecule has 1 nitrogen and oxygen atoms in total. The molecule has 0 spiro atoms. The summed E-state index contributed by atoms with van der Waals surface area (Å²) >= 11 is 1.94. The van der Waals surface area contributed by atoms with Crippen molar-refractivity contribution in [1.29, 1.82) is 0 Å². The van der Waals surface area contributed by atoms with E-state index in [2.05, 4.69) is 67.8 Å². The van der Waals surface area contributed by atoms with Crippen LogP contribution in [-0.4, -0.2) is 6.54 Å². The van der Waals surface area contributed by atoms with Gasteiger partial charge in [-0.05, 0) is 90.9 Å². The van der Waals surface area contributed by atoms with Crippen molar-refractivity contribution in [2.75, 3.05) is 6.54 Å². The lowest BCUT2D eigenvalue weighted by molar-refractivity contribution is 0.869. The van der Waals surface area contributed by atoms with Crippen LogP contribution >= 0.6 is 11.3 Å². The Balaban J connectivity index is 1.57. The van der Waals surface area contributed by atoms with Crippen LogP contribution in [0.15, 0.2) is 53.9 Å². The quantitative estimate of drug-likeness (QED) is 0.613. The molecule has 0 bridgehead atoms. The minimum atomic E-state index is 0.292. The molecule has 4 rings (SSSR count). The smallest absolute Gasteiger partial charge is 0.0297 e. The normalized spacial score (nSPS) is 15.2. The molecule has 1 heterocycles. The number of benzene rings is 2. The molecule has 1 fully saturated rings. The van der Waals surface area contributed by atoms with Gasteiger partial charge in [0.05, 0.1) is 0 Å². The van der Waals surface area contributed by atoms with Gasteiger partial charge in [-0.1, -0.05) is 42.5 Å². The molecule has 1 saturated carbocycles. The highest BCUT2D eigenvalue weighted by molar-refractivity contribution is 7.10. The molecule has 1 aromatic heterocycles. The molecule has 2 heteroatoms. The van der Waals surface area contributed by atoms with Gasteiger partial charge in [-0.25, -0.2) is 0 Å². The average molecular weight is 362 g/mol. The summed E-state index contributed by atoms with van der Waals surface area (Å²) < 4.78 is 0. The second-order valence-corrected chi connectivity index (χ2v) is 8.60. The third kappa shape index (κ3) is 3.24. The van der Waals surface area contributed by atoms with E-state index >= 15 is 0 Å². The van der Waals surface area contributed by atoms with Gasteiger partial charge in [-0.2, -0.15) is 0 Å². The van der Waals surface area contributed by atoms with Crippen LogP contribution in [0.4, 0.5) is 0 Å². The zero-order valence-corrected chi connectivity index (χ0v) is 16.5. The maximum atomic E-state index is 5.74. The molecule has 3 aromatic rings. The van der Waals surface area contributed by atoms with Crippen molar-refractivity contribution in [3.8, 4) is 0 Å². The van der Waals surface area contributed by atoms with Crippen LogP contribution in [0.2, 0.25) is 0 Å². The fourth-order valence-corrected chi connectivity index (χ4v) is 5.25. The van der Waals surface area contributed by atoms with Crippen LogP contribution in [0.5, 0.6) is 0 Å². The van der Waals surface area contributed by atoms with E-state index in [-0.39, 0.29) is 0 Å². The molecule has 1 aliphatic carbocycles. The van der Waals surface area contributed by atoms with Crippen molar-refractivity contribution in [3.05, 3.63) is 92.2 Å². The summed E-state index contributed by atoms with van der Waals surface area (Å²) in [6.45, 7) is 5.16. The molecule has 2 N–H and O–H groups in total. The summed E-state index contributed by atoms with van der Waals surface area (Å²) in [6.07, 6.45) is 4.55. The van der Waals surface area contributed by atoms with Gasteiger partial charge >= 0.3 is 0 Å². The average Bonchev–Trinajstić information content (AvgIpc) is 3.33. The van der Waals surface area contributed by atoms with Gasteiger partial charge in [0, 0.05) is 10.3 Å². The van der Waals surface area contributed by atoms with E-state index in [9.17, 15) is 0 Å². The zero-order valence-electron chi connectivity index (χ0n) is 15.7. The second kappa shape index (κ2) is 7.02. The number of nitrogens with two attached hydrogens (primary N) is 1. The highest BCUT2D eigenvalue weighted by atomic mass is 32.1. The highest BCUT2D eigenvalue weighted by Crippen LogP contribution is 2.55. The SMILES string of the molecule is Cc1cc(Cc2csc(C3(c4ccccc4)CC3)c2)c(C)cc1CCN. The van der Waals surface area contributed by atoms with Crippen LogP contribution in [-0.2, 0) is 18.3 Å². The van der Waals surface area contributed by atoms with E-state index in [1.165, 1.54) is 51.1 Å². The standard InChI is InChI=1S/C24H27NS/c1-17-13-21(18(2)12-20(17)8-11-25)14-19-15-23(26-16-19)24(9-10-24)22-6-4-3-5-7-22/h3-7,12-13,15-16H,8-11,14,25H2,1-2H3. The van der Waals surface area contributed by atoms with Gasteiger partial charge in [-0.15, -0.1) is 11.3 Å². The minimum absolute atomic E-state index is 0.292. The number of aryl methyl sites for hydroxylation is 2. The number of rotatable bonds is 6. The molecular formula is C24H27NS. The van der Waals surface area contributed by atoms with Crippen LogP contribution in [0.25, 0.3) is 0 Å². The van der Waals surface area contributed by atoms with Gasteiger partial charge in [0.25, 0.3) is 0 Å². The monoisotopic (exact) mass is 361 g/mol. The first-order valence-corrected chi connectivity index (χ1v) is 10.4. The summed E-state index contributed by atoms with van der Waals surface area (Å²) in [5.41, 5.74) is 14.5. The fourth-order valence-electron chi connectivity index (χ4n) is 4.05. The molecule has 0 atom stereocenters. The Morgan fingerprint density at radius 2 is 1.65 bits per heavy atom. The molecular weight excluding hydrogens is 334 g/mol. The topological polar surface area (TPSA) is 26.0 Å². The van der Waals surface area contributed by atoms with Gasteiger partial charge in [0.2, 0.25) is 0 Å². The lowest BCUT2D eigenvalue weighted by Gasteiger charge is -2.13. The Bertz CT molecular complexity index is 903. The Kier molecular flexibility index (Phi) is 4.73. The molecule has 134 valence electrons. The molecule has 1 aliphatic rings. The van der Waals surface area contributed by atoms with E-state index in [1.807, 2.05) is 11.3 Å². The lowest BCUT2D eigenvalue weighted by atomic mass is 9.92. The maximum Gasteiger partial charge on any atom is 0.0297 e.